The number of amides is 1. The van der Waals surface area contributed by atoms with Crippen LogP contribution in [-0.4, -0.2) is 30.4 Å². The molecule has 1 saturated heterocycles. The molecule has 2 rings (SSSR count). The number of ether oxygens (including phenoxy) is 1. The predicted octanol–water partition coefficient (Wildman–Crippen LogP) is 2.74. The van der Waals surface area contributed by atoms with E-state index in [1.54, 1.807) is 0 Å². The fourth-order valence-electron chi connectivity index (χ4n) is 1.44. The molecule has 1 aromatic carbocycles. The van der Waals surface area contributed by atoms with Crippen LogP contribution in [0, 0.1) is 5.82 Å². The Bertz CT molecular complexity index is 765. The summed E-state index contributed by atoms with van der Waals surface area (Å²) in [6.45, 7) is 0. The highest BCUT2D eigenvalue weighted by Crippen LogP contribution is 2.25. The third-order valence-electron chi connectivity index (χ3n) is 2.52. The molecule has 23 heavy (non-hydrogen) atoms. The van der Waals surface area contributed by atoms with Crippen molar-refractivity contribution >= 4 is 58.2 Å². The lowest BCUT2D eigenvalue weighted by Crippen LogP contribution is -2.19. The molecule has 1 aromatic rings. The number of nitrogens with one attached hydrogen (secondary N) is 1. The normalized spacial score (nSPS) is 18.0. The maximum Gasteiger partial charge on any atom is 0.331 e. The van der Waals surface area contributed by atoms with Crippen molar-refractivity contribution in [2.24, 2.45) is 10.2 Å². The maximum absolute atomic E-state index is 13.8. The van der Waals surface area contributed by atoms with Crippen molar-refractivity contribution in [2.45, 2.75) is 0 Å². The van der Waals surface area contributed by atoms with Crippen molar-refractivity contribution in [1.82, 2.24) is 5.32 Å². The first-order valence-electron chi connectivity index (χ1n) is 5.95. The van der Waals surface area contributed by atoms with Crippen molar-refractivity contribution in [3.63, 3.8) is 0 Å². The highest BCUT2D eigenvalue weighted by atomic mass is 35.5. The van der Waals surface area contributed by atoms with Gasteiger partial charge in [-0.1, -0.05) is 23.2 Å². The molecule has 1 heterocycles. The molecule has 0 spiro atoms. The standard InChI is InChI=1S/C13H8Cl2FN3O3S/c1-22-10(20)4-9-12(21)18-13(23-9)19-17-5-6-7(14)2-3-8(15)11(6)16/h2-5H,1H3,(H,18,19,21)/b9-4+,17-5?. The molecule has 6 nitrogen and oxygen atoms in total. The van der Waals surface area contributed by atoms with Crippen LogP contribution in [0.5, 0.6) is 0 Å². The number of hydrogen-bond acceptors (Lipinski definition) is 6. The van der Waals surface area contributed by atoms with Gasteiger partial charge in [-0.15, -0.1) is 5.10 Å². The van der Waals surface area contributed by atoms with Crippen LogP contribution in [-0.2, 0) is 14.3 Å². The van der Waals surface area contributed by atoms with Gasteiger partial charge in [-0.2, -0.15) is 5.10 Å². The largest absolute Gasteiger partial charge is 0.466 e. The Labute approximate surface area is 144 Å². The molecule has 1 aliphatic rings. The Kier molecular flexibility index (Phi) is 5.75. The van der Waals surface area contributed by atoms with Gasteiger partial charge in [0, 0.05) is 6.08 Å². The highest BCUT2D eigenvalue weighted by Gasteiger charge is 2.25. The lowest BCUT2D eigenvalue weighted by atomic mass is 10.2. The number of nitrogens with zero attached hydrogens (tertiary/aromatic N) is 2. The Morgan fingerprint density at radius 3 is 2.78 bits per heavy atom. The zero-order chi connectivity index (χ0) is 17.0. The van der Waals surface area contributed by atoms with Crippen molar-refractivity contribution in [3.05, 3.63) is 44.5 Å². The van der Waals surface area contributed by atoms with Crippen LogP contribution in [0.2, 0.25) is 10.0 Å². The van der Waals surface area contributed by atoms with E-state index in [4.69, 9.17) is 23.2 Å². The van der Waals surface area contributed by atoms with Crippen LogP contribution in [0.1, 0.15) is 5.56 Å². The van der Waals surface area contributed by atoms with Gasteiger partial charge in [-0.25, -0.2) is 9.18 Å². The molecule has 0 bridgehead atoms. The zero-order valence-corrected chi connectivity index (χ0v) is 13.8. The van der Waals surface area contributed by atoms with E-state index in [0.717, 1.165) is 24.1 Å². The summed E-state index contributed by atoms with van der Waals surface area (Å²) < 4.78 is 18.2. The molecule has 1 fully saturated rings. The molecule has 0 saturated carbocycles. The Balaban J connectivity index is 2.16. The Hall–Kier alpha value is -1.90. The molecule has 120 valence electrons. The van der Waals surface area contributed by atoms with E-state index in [2.05, 4.69) is 20.3 Å². The molecule has 1 aliphatic heterocycles. The molecule has 0 aromatic heterocycles. The van der Waals surface area contributed by atoms with Gasteiger partial charge in [0.05, 0.1) is 33.8 Å². The Morgan fingerprint density at radius 1 is 1.39 bits per heavy atom. The van der Waals surface area contributed by atoms with Crippen LogP contribution < -0.4 is 5.32 Å². The Morgan fingerprint density at radius 2 is 2.09 bits per heavy atom. The van der Waals surface area contributed by atoms with Crippen molar-refractivity contribution in [2.75, 3.05) is 7.11 Å². The molecular weight excluding hydrogens is 368 g/mol. The molecule has 0 atom stereocenters. The third kappa shape index (κ3) is 4.31. The smallest absolute Gasteiger partial charge is 0.331 e. The monoisotopic (exact) mass is 375 g/mol. The van der Waals surface area contributed by atoms with Crippen LogP contribution in [0.15, 0.2) is 33.3 Å². The molecule has 0 radical (unpaired) electrons. The second-order valence-electron chi connectivity index (χ2n) is 3.99. The fraction of sp³-hybridized carbons (Fsp3) is 0.0769. The number of thioether (sulfide) groups is 1. The van der Waals surface area contributed by atoms with E-state index >= 15 is 0 Å². The summed E-state index contributed by atoms with van der Waals surface area (Å²) in [6.07, 6.45) is 2.10. The predicted molar refractivity (Wildman–Crippen MR) is 87.3 cm³/mol. The van der Waals surface area contributed by atoms with Crippen molar-refractivity contribution < 1.29 is 18.7 Å². The minimum atomic E-state index is -0.725. The van der Waals surface area contributed by atoms with Crippen LogP contribution in [0.25, 0.3) is 0 Å². The second kappa shape index (κ2) is 7.58. The third-order valence-corrected chi connectivity index (χ3v) is 4.04. The maximum atomic E-state index is 13.8. The lowest BCUT2D eigenvalue weighted by molar-refractivity contribution is -0.135. The minimum absolute atomic E-state index is 0.0248. The van der Waals surface area contributed by atoms with Gasteiger partial charge in [0.1, 0.15) is 0 Å². The SMILES string of the molecule is COC(=O)/C=C1/S/C(=N\N=Cc2c(Cl)ccc(Cl)c2F)NC1=O. The van der Waals surface area contributed by atoms with Gasteiger partial charge in [0.25, 0.3) is 5.91 Å². The van der Waals surface area contributed by atoms with Crippen LogP contribution in [0.3, 0.4) is 0 Å². The number of esters is 1. The average molecular weight is 376 g/mol. The first kappa shape index (κ1) is 17.5. The van der Waals surface area contributed by atoms with Gasteiger partial charge in [-0.3, -0.25) is 10.1 Å². The van der Waals surface area contributed by atoms with E-state index < -0.39 is 17.7 Å². The van der Waals surface area contributed by atoms with E-state index in [-0.39, 0.29) is 25.7 Å². The number of methoxy groups -OCH3 is 1. The van der Waals surface area contributed by atoms with Crippen molar-refractivity contribution in [1.29, 1.82) is 0 Å². The lowest BCUT2D eigenvalue weighted by Gasteiger charge is -2.00. The molecule has 0 aliphatic carbocycles. The van der Waals surface area contributed by atoms with Gasteiger partial charge in [0.2, 0.25) is 0 Å². The van der Waals surface area contributed by atoms with Crippen molar-refractivity contribution in [3.8, 4) is 0 Å². The molecule has 1 N–H and O–H groups in total. The quantitative estimate of drug-likeness (QED) is 0.289. The molecular formula is C13H8Cl2FN3O3S. The minimum Gasteiger partial charge on any atom is -0.466 e. The van der Waals surface area contributed by atoms with E-state index in [9.17, 15) is 14.0 Å². The highest BCUT2D eigenvalue weighted by molar-refractivity contribution is 8.18. The van der Waals surface area contributed by atoms with E-state index in [0.29, 0.717) is 0 Å². The summed E-state index contributed by atoms with van der Waals surface area (Å²) in [6, 6.07) is 2.74. The molecule has 0 unspecified atom stereocenters. The number of carbonyl (C=O) groups excluding carboxylic acids is 2. The summed E-state index contributed by atoms with van der Waals surface area (Å²) in [5.74, 6) is -1.90. The zero-order valence-electron chi connectivity index (χ0n) is 11.5. The first-order valence-corrected chi connectivity index (χ1v) is 7.53. The van der Waals surface area contributed by atoms with Gasteiger partial charge in [0.15, 0.2) is 11.0 Å². The number of rotatable bonds is 3. The number of hydrogen-bond donors (Lipinski definition) is 1. The summed E-state index contributed by atoms with van der Waals surface area (Å²) in [7, 11) is 1.19. The number of carbonyl (C=O) groups is 2. The van der Waals surface area contributed by atoms with Crippen LogP contribution >= 0.6 is 35.0 Å². The first-order chi connectivity index (χ1) is 10.9. The number of benzene rings is 1. The average Bonchev–Trinajstić information content (AvgIpc) is 2.86. The summed E-state index contributed by atoms with van der Waals surface area (Å²) in [4.78, 5) is 22.8. The summed E-state index contributed by atoms with van der Waals surface area (Å²) in [5, 5.41) is 9.91. The fourth-order valence-corrected chi connectivity index (χ4v) is 2.54. The number of amidine groups is 1. The van der Waals surface area contributed by atoms with Gasteiger partial charge in [-0.05, 0) is 23.9 Å². The number of halogens is 3. The van der Waals surface area contributed by atoms with Crippen LogP contribution in [0.4, 0.5) is 4.39 Å². The second-order valence-corrected chi connectivity index (χ2v) is 5.84. The van der Waals surface area contributed by atoms with Gasteiger partial charge < -0.3 is 4.74 Å². The van der Waals surface area contributed by atoms with Gasteiger partial charge >= 0.3 is 5.97 Å². The summed E-state index contributed by atoms with van der Waals surface area (Å²) in [5.41, 5.74) is -0.0248. The van der Waals surface area contributed by atoms with E-state index in [1.807, 2.05) is 0 Å². The molecule has 1 amide bonds. The van der Waals surface area contributed by atoms with E-state index in [1.165, 1.54) is 19.2 Å². The summed E-state index contributed by atoms with van der Waals surface area (Å²) >= 11 is 12.4. The molecule has 10 heteroatoms. The topological polar surface area (TPSA) is 80.1 Å².